The molecule has 18 N–H and O–H groups in total. The Bertz CT molecular complexity index is 9.52. The van der Waals surface area contributed by atoms with E-state index >= 15 is 0 Å². The molecule has 0 saturated heterocycles. The predicted molar refractivity (Wildman–Crippen MR) is 39.8 cm³/mol. The van der Waals surface area contributed by atoms with Crippen molar-refractivity contribution in [2.24, 2.45) is 0 Å². The Morgan fingerprint density at radius 1 is 0.273 bits per heavy atom. The average Bonchev–Trinajstić information content (AvgIpc) is 0. The SMILES string of the molecule is Cl.O.O.O.O.O.O.O.O.O.[Tb]. The maximum atomic E-state index is 0. The van der Waals surface area contributed by atoms with Crippen molar-refractivity contribution in [2.45, 2.75) is 0 Å². The largest absolute Gasteiger partial charge is 0.412 e. The van der Waals surface area contributed by atoms with E-state index in [0.29, 0.717) is 0 Å². The van der Waals surface area contributed by atoms with Gasteiger partial charge in [-0.05, 0) is 0 Å². The van der Waals surface area contributed by atoms with Crippen molar-refractivity contribution in [2.75, 3.05) is 0 Å². The van der Waals surface area contributed by atoms with Gasteiger partial charge in [0.2, 0.25) is 0 Å². The average molecular weight is 358 g/mol. The molecule has 0 amide bonds. The van der Waals surface area contributed by atoms with E-state index in [9.17, 15) is 0 Å². The number of halogens is 1. The first-order chi connectivity index (χ1) is 0. The number of rotatable bonds is 0. The summed E-state index contributed by atoms with van der Waals surface area (Å²) in [5, 5.41) is 0. The second kappa shape index (κ2) is 792. The molecule has 0 rings (SSSR count). The van der Waals surface area contributed by atoms with Gasteiger partial charge in [-0.25, -0.2) is 0 Å². The van der Waals surface area contributed by atoms with Gasteiger partial charge in [-0.15, -0.1) is 12.4 Å². The van der Waals surface area contributed by atoms with Gasteiger partial charge in [0.1, 0.15) is 0 Å². The van der Waals surface area contributed by atoms with Crippen molar-refractivity contribution >= 4 is 12.4 Å². The van der Waals surface area contributed by atoms with Crippen molar-refractivity contribution in [1.29, 1.82) is 0 Å². The van der Waals surface area contributed by atoms with Crippen LogP contribution in [0, 0.1) is 38.6 Å². The fourth-order valence-corrected chi connectivity index (χ4v) is 0. The van der Waals surface area contributed by atoms with Crippen LogP contribution in [-0.2, 0) is 0 Å². The van der Waals surface area contributed by atoms with Gasteiger partial charge in [0.15, 0.2) is 0 Å². The smallest absolute Gasteiger partial charge is 0 e. The zero-order valence-electron chi connectivity index (χ0n) is 5.24. The third-order valence-electron chi connectivity index (χ3n) is 0. The molecule has 11 heteroatoms. The van der Waals surface area contributed by atoms with E-state index < -0.39 is 0 Å². The van der Waals surface area contributed by atoms with Crippen LogP contribution >= 0.6 is 12.4 Å². The Kier molecular flexibility index (Phi) is 74900. The van der Waals surface area contributed by atoms with Crippen molar-refractivity contribution in [3.63, 3.8) is 0 Å². The van der Waals surface area contributed by atoms with Crippen LogP contribution in [0.15, 0.2) is 0 Å². The van der Waals surface area contributed by atoms with Gasteiger partial charge in [-0.3, -0.25) is 0 Å². The third-order valence-corrected chi connectivity index (χ3v) is 0. The van der Waals surface area contributed by atoms with Crippen LogP contribution in [0.4, 0.5) is 0 Å². The molecular formula is H19ClO9Tb. The molecule has 11 heavy (non-hydrogen) atoms. The second-order valence-electron chi connectivity index (χ2n) is 0. The van der Waals surface area contributed by atoms with Gasteiger partial charge in [-0.1, -0.05) is 0 Å². The van der Waals surface area contributed by atoms with E-state index in [0.717, 1.165) is 0 Å². The van der Waals surface area contributed by atoms with Gasteiger partial charge in [0, 0.05) is 38.6 Å². The minimum atomic E-state index is 0. The monoisotopic (exact) mass is 357 g/mol. The van der Waals surface area contributed by atoms with Crippen LogP contribution < -0.4 is 0 Å². The zero-order chi connectivity index (χ0) is 0. The maximum Gasteiger partial charge on any atom is 0 e. The molecular weight excluding hydrogens is 338 g/mol. The molecule has 0 heterocycles. The van der Waals surface area contributed by atoms with Gasteiger partial charge < -0.3 is 49.3 Å². The summed E-state index contributed by atoms with van der Waals surface area (Å²) < 4.78 is 0. The van der Waals surface area contributed by atoms with E-state index in [1.165, 1.54) is 0 Å². The molecule has 0 aromatic carbocycles. The Labute approximate surface area is 99.8 Å². The first-order valence-corrected chi connectivity index (χ1v) is 0. The van der Waals surface area contributed by atoms with Crippen LogP contribution in [-0.4, -0.2) is 49.3 Å². The summed E-state index contributed by atoms with van der Waals surface area (Å²) in [7, 11) is 0. The molecule has 0 aromatic rings. The minimum Gasteiger partial charge on any atom is -0.412 e. The molecule has 0 saturated carbocycles. The van der Waals surface area contributed by atoms with Crippen molar-refractivity contribution in [3.05, 3.63) is 0 Å². The molecule has 89 valence electrons. The van der Waals surface area contributed by atoms with Gasteiger partial charge in [-0.2, -0.15) is 0 Å². The van der Waals surface area contributed by atoms with Crippen LogP contribution in [0.2, 0.25) is 0 Å². The van der Waals surface area contributed by atoms with Gasteiger partial charge in [0.05, 0.1) is 0 Å². The van der Waals surface area contributed by atoms with Crippen molar-refractivity contribution < 1.29 is 87.9 Å². The van der Waals surface area contributed by atoms with Crippen molar-refractivity contribution in [3.8, 4) is 0 Å². The Hall–Kier alpha value is 1.22. The zero-order valence-corrected chi connectivity index (χ0v) is 8.20. The van der Waals surface area contributed by atoms with Crippen molar-refractivity contribution in [1.82, 2.24) is 0 Å². The molecule has 0 fully saturated rings. The molecule has 0 aliphatic carbocycles. The Morgan fingerprint density at radius 2 is 0.273 bits per heavy atom. The van der Waals surface area contributed by atoms with Crippen LogP contribution in [0.25, 0.3) is 0 Å². The number of hydrogen-bond acceptors (Lipinski definition) is 0. The first-order valence-electron chi connectivity index (χ1n) is 0. The summed E-state index contributed by atoms with van der Waals surface area (Å²) in [6.07, 6.45) is 0. The van der Waals surface area contributed by atoms with Crippen LogP contribution in [0.1, 0.15) is 0 Å². The van der Waals surface area contributed by atoms with Crippen LogP contribution in [0.5, 0.6) is 0 Å². The van der Waals surface area contributed by atoms with E-state index in [1.807, 2.05) is 0 Å². The summed E-state index contributed by atoms with van der Waals surface area (Å²) in [6.45, 7) is 0. The van der Waals surface area contributed by atoms with E-state index in [2.05, 4.69) is 0 Å². The standard InChI is InChI=1S/ClH.9H2O.Tb/h1H;9*1H2;. The Morgan fingerprint density at radius 3 is 0.273 bits per heavy atom. The molecule has 0 aliphatic heterocycles. The summed E-state index contributed by atoms with van der Waals surface area (Å²) in [5.74, 6) is 0. The fourth-order valence-electron chi connectivity index (χ4n) is 0. The number of hydrogen-bond donors (Lipinski definition) is 0. The molecule has 0 bridgehead atoms. The Balaban J connectivity index is 0. The normalized spacial score (nSPS) is 0. The molecule has 9 nitrogen and oxygen atoms in total. The summed E-state index contributed by atoms with van der Waals surface area (Å²) >= 11 is 0. The van der Waals surface area contributed by atoms with Crippen LogP contribution in [0.3, 0.4) is 0 Å². The van der Waals surface area contributed by atoms with E-state index in [-0.39, 0.29) is 100 Å². The summed E-state index contributed by atoms with van der Waals surface area (Å²) in [4.78, 5) is 0. The first kappa shape index (κ1) is 1040. The van der Waals surface area contributed by atoms with Gasteiger partial charge in [0.25, 0.3) is 0 Å². The van der Waals surface area contributed by atoms with E-state index in [4.69, 9.17) is 0 Å². The molecule has 0 aromatic heterocycles. The topological polar surface area (TPSA) is 284 Å². The molecule has 0 spiro atoms. The third kappa shape index (κ3) is 644. The predicted octanol–water partition coefficient (Wildman–Crippen LogP) is -7.00. The molecule has 0 aliphatic rings. The minimum absolute atomic E-state index is 0. The molecule has 0 atom stereocenters. The second-order valence-corrected chi connectivity index (χ2v) is 0. The summed E-state index contributed by atoms with van der Waals surface area (Å²) in [5.41, 5.74) is 0. The van der Waals surface area contributed by atoms with Gasteiger partial charge >= 0.3 is 0 Å². The van der Waals surface area contributed by atoms with E-state index in [1.54, 1.807) is 0 Å². The summed E-state index contributed by atoms with van der Waals surface area (Å²) in [6, 6.07) is 0. The molecule has 0 unspecified atom stereocenters. The fraction of sp³-hybridized carbons (Fsp3) is 0. The quantitative estimate of drug-likeness (QED) is 0.390. The maximum absolute atomic E-state index is 0. The molecule has 1 radical (unpaired) electrons.